The maximum absolute atomic E-state index is 2.55. The Morgan fingerprint density at radius 1 is 0.308 bits per heavy atom. The van der Waals surface area contributed by atoms with Gasteiger partial charge in [0.2, 0.25) is 0 Å². The third-order valence-corrected chi connectivity index (χ3v) is 12.7. The fraction of sp³-hybridized carbons (Fsp3) is 0.115. The van der Waals surface area contributed by atoms with Crippen LogP contribution in [0, 0.1) is 0 Å². The van der Waals surface area contributed by atoms with E-state index in [-0.39, 0.29) is 10.8 Å². The van der Waals surface area contributed by atoms with Crippen molar-refractivity contribution in [2.75, 3.05) is 0 Å². The quantitative estimate of drug-likeness (QED) is 0.165. The number of benzene rings is 9. The predicted octanol–water partition coefficient (Wildman–Crippen LogP) is 14.2. The minimum atomic E-state index is -0.102. The molecule has 0 amide bonds. The number of hydrogen-bond donors (Lipinski definition) is 0. The van der Waals surface area contributed by atoms with E-state index >= 15 is 0 Å². The van der Waals surface area contributed by atoms with Gasteiger partial charge in [-0.3, -0.25) is 0 Å². The number of hydrogen-bond acceptors (Lipinski definition) is 0. The summed E-state index contributed by atoms with van der Waals surface area (Å²) in [6, 6.07) is 59.5. The van der Waals surface area contributed by atoms with Gasteiger partial charge in [0.05, 0.1) is 0 Å². The lowest BCUT2D eigenvalue weighted by molar-refractivity contribution is 0.639. The van der Waals surface area contributed by atoms with E-state index in [0.717, 1.165) is 0 Å². The molecule has 0 fully saturated rings. The molecule has 0 nitrogen and oxygen atoms in total. The molecule has 52 heavy (non-hydrogen) atoms. The van der Waals surface area contributed by atoms with Gasteiger partial charge in [-0.05, 0) is 116 Å². The summed E-state index contributed by atoms with van der Waals surface area (Å²) >= 11 is 0. The van der Waals surface area contributed by atoms with Crippen LogP contribution in [0.4, 0.5) is 0 Å². The van der Waals surface area contributed by atoms with Crippen LogP contribution in [0.3, 0.4) is 0 Å². The molecule has 9 aromatic rings. The van der Waals surface area contributed by atoms with Gasteiger partial charge in [0, 0.05) is 10.8 Å². The molecule has 0 spiro atoms. The molecule has 0 saturated heterocycles. The maximum atomic E-state index is 2.55. The molecular weight excluding hydrogens is 625 g/mol. The Balaban J connectivity index is 1.12. The summed E-state index contributed by atoms with van der Waals surface area (Å²) in [6.45, 7) is 9.61. The Morgan fingerprint density at radius 2 is 0.846 bits per heavy atom. The Morgan fingerprint density at radius 3 is 1.60 bits per heavy atom. The summed E-state index contributed by atoms with van der Waals surface area (Å²) < 4.78 is 0. The average Bonchev–Trinajstić information content (AvgIpc) is 3.55. The van der Waals surface area contributed by atoms with Crippen molar-refractivity contribution in [2.24, 2.45) is 0 Å². The van der Waals surface area contributed by atoms with Gasteiger partial charge in [-0.25, -0.2) is 0 Å². The molecule has 0 N–H and O–H groups in total. The second-order valence-electron chi connectivity index (χ2n) is 16.1. The van der Waals surface area contributed by atoms with Crippen molar-refractivity contribution in [3.63, 3.8) is 0 Å². The summed E-state index contributed by atoms with van der Waals surface area (Å²) in [6.07, 6.45) is 0. The van der Waals surface area contributed by atoms with Gasteiger partial charge in [-0.15, -0.1) is 0 Å². The zero-order valence-electron chi connectivity index (χ0n) is 30.0. The van der Waals surface area contributed by atoms with Crippen molar-refractivity contribution in [1.29, 1.82) is 0 Å². The van der Waals surface area contributed by atoms with Crippen LogP contribution in [-0.2, 0) is 10.8 Å². The van der Waals surface area contributed by atoms with Gasteiger partial charge in [0.25, 0.3) is 0 Å². The van der Waals surface area contributed by atoms with Crippen LogP contribution < -0.4 is 0 Å². The topological polar surface area (TPSA) is 0 Å². The minimum Gasteiger partial charge on any atom is -0.0622 e. The minimum absolute atomic E-state index is 0.0243. The molecule has 246 valence electrons. The van der Waals surface area contributed by atoms with Gasteiger partial charge in [-0.1, -0.05) is 179 Å². The molecule has 0 heteroatoms. The largest absolute Gasteiger partial charge is 0.0622 e. The highest BCUT2D eigenvalue weighted by atomic mass is 14.4. The molecule has 0 bridgehead atoms. The van der Waals surface area contributed by atoms with Crippen molar-refractivity contribution < 1.29 is 0 Å². The molecule has 0 aromatic heterocycles. The Bertz CT molecular complexity index is 2920. The molecule has 0 heterocycles. The third kappa shape index (κ3) is 3.87. The number of rotatable bonds is 3. The predicted molar refractivity (Wildman–Crippen MR) is 222 cm³/mol. The van der Waals surface area contributed by atoms with E-state index in [1.807, 2.05) is 0 Å². The Labute approximate surface area is 305 Å². The standard InChI is InChI=1S/C52H38/c1-51(2)44-15-9-8-13-38(44)42-29-43-47(30-46(42)51)52(3,4)45-16-10-14-39(50(43)45)37-26-22-35-23-27-40-36(25-21-34-24-28-41(37)49(35)48(34)40)33-19-17-32(18-20-33)31-11-6-5-7-12-31/h5-30H,1-4H3. The van der Waals surface area contributed by atoms with Crippen molar-refractivity contribution in [1.82, 2.24) is 0 Å². The Kier molecular flexibility index (Phi) is 5.89. The second-order valence-corrected chi connectivity index (χ2v) is 16.1. The van der Waals surface area contributed by atoms with Crippen LogP contribution in [0.25, 0.3) is 88.0 Å². The fourth-order valence-corrected chi connectivity index (χ4v) is 9.96. The van der Waals surface area contributed by atoms with Crippen molar-refractivity contribution in [2.45, 2.75) is 38.5 Å². The smallest absolute Gasteiger partial charge is 0.0159 e. The molecule has 11 rings (SSSR count). The lowest BCUT2D eigenvalue weighted by Gasteiger charge is -2.25. The van der Waals surface area contributed by atoms with E-state index in [1.54, 1.807) is 0 Å². The molecule has 9 aromatic carbocycles. The van der Waals surface area contributed by atoms with E-state index in [2.05, 4.69) is 185 Å². The molecular formula is C52H38. The van der Waals surface area contributed by atoms with E-state index < -0.39 is 0 Å². The van der Waals surface area contributed by atoms with Gasteiger partial charge < -0.3 is 0 Å². The Hall–Kier alpha value is -5.98. The summed E-state index contributed by atoms with van der Waals surface area (Å²) in [7, 11) is 0. The highest BCUT2D eigenvalue weighted by Crippen LogP contribution is 2.58. The fourth-order valence-electron chi connectivity index (χ4n) is 9.96. The van der Waals surface area contributed by atoms with Crippen molar-refractivity contribution in [3.8, 4) is 55.6 Å². The first-order valence-corrected chi connectivity index (χ1v) is 18.6. The van der Waals surface area contributed by atoms with Crippen LogP contribution in [0.1, 0.15) is 49.9 Å². The molecule has 2 aliphatic carbocycles. The van der Waals surface area contributed by atoms with Crippen LogP contribution in [0.2, 0.25) is 0 Å². The van der Waals surface area contributed by atoms with E-state index in [0.29, 0.717) is 0 Å². The van der Waals surface area contributed by atoms with Crippen molar-refractivity contribution in [3.05, 3.63) is 180 Å². The van der Waals surface area contributed by atoms with Gasteiger partial charge in [0.1, 0.15) is 0 Å². The van der Waals surface area contributed by atoms with Crippen LogP contribution in [-0.4, -0.2) is 0 Å². The summed E-state index contributed by atoms with van der Waals surface area (Å²) in [5.74, 6) is 0. The van der Waals surface area contributed by atoms with Crippen molar-refractivity contribution >= 4 is 32.3 Å². The monoisotopic (exact) mass is 662 g/mol. The molecule has 0 unspecified atom stereocenters. The van der Waals surface area contributed by atoms with E-state index in [9.17, 15) is 0 Å². The molecule has 0 aliphatic heterocycles. The zero-order chi connectivity index (χ0) is 34.9. The summed E-state index contributed by atoms with van der Waals surface area (Å²) in [4.78, 5) is 0. The first-order chi connectivity index (χ1) is 25.3. The summed E-state index contributed by atoms with van der Waals surface area (Å²) in [5, 5.41) is 7.91. The van der Waals surface area contributed by atoms with Gasteiger partial charge in [-0.2, -0.15) is 0 Å². The summed E-state index contributed by atoms with van der Waals surface area (Å²) in [5.41, 5.74) is 18.8. The first kappa shape index (κ1) is 29.7. The van der Waals surface area contributed by atoms with Gasteiger partial charge in [0.15, 0.2) is 0 Å². The number of fused-ring (bicyclic) bond motifs is 6. The average molecular weight is 663 g/mol. The van der Waals surface area contributed by atoms with E-state index in [1.165, 1.54) is 110 Å². The molecule has 2 aliphatic rings. The second kappa shape index (κ2) is 10.3. The lowest BCUT2D eigenvalue weighted by Crippen LogP contribution is -2.18. The molecule has 0 radical (unpaired) electrons. The normalized spacial score (nSPS) is 14.8. The lowest BCUT2D eigenvalue weighted by atomic mass is 9.77. The van der Waals surface area contributed by atoms with Crippen LogP contribution in [0.5, 0.6) is 0 Å². The molecule has 0 saturated carbocycles. The third-order valence-electron chi connectivity index (χ3n) is 12.7. The maximum Gasteiger partial charge on any atom is 0.0159 e. The van der Waals surface area contributed by atoms with Gasteiger partial charge >= 0.3 is 0 Å². The van der Waals surface area contributed by atoms with E-state index in [4.69, 9.17) is 0 Å². The zero-order valence-corrected chi connectivity index (χ0v) is 30.0. The SMILES string of the molecule is CC1(C)c2ccccc2-c2cc3c(cc21)C(C)(C)c1cccc(-c2ccc4ccc5c(-c6ccc(-c7ccccc7)cc6)ccc6ccc2c4c65)c1-3. The highest BCUT2D eigenvalue weighted by Gasteiger charge is 2.42. The van der Waals surface area contributed by atoms with Crippen LogP contribution in [0.15, 0.2) is 158 Å². The first-order valence-electron chi connectivity index (χ1n) is 18.6. The molecule has 0 atom stereocenters. The van der Waals surface area contributed by atoms with Crippen LogP contribution >= 0.6 is 0 Å². The highest BCUT2D eigenvalue weighted by molar-refractivity contribution is 6.28.